The molecule has 0 radical (unpaired) electrons. The molecule has 4 nitrogen and oxygen atoms in total. The molecule has 0 saturated heterocycles. The maximum Gasteiger partial charge on any atom is 0.127 e. The molecule has 1 heterocycles. The van der Waals surface area contributed by atoms with Crippen LogP contribution >= 0.6 is 28.1 Å². The van der Waals surface area contributed by atoms with Crippen LogP contribution in [-0.2, 0) is 13.6 Å². The number of hydrogen-bond acceptors (Lipinski definition) is 3. The summed E-state index contributed by atoms with van der Waals surface area (Å²) < 4.78 is 2.94. The molecule has 94 valence electrons. The van der Waals surface area contributed by atoms with Crippen molar-refractivity contribution in [2.75, 3.05) is 5.32 Å². The fourth-order valence-corrected chi connectivity index (χ4v) is 2.16. The van der Waals surface area contributed by atoms with Crippen LogP contribution in [0.4, 0.5) is 5.69 Å². The van der Waals surface area contributed by atoms with Gasteiger partial charge in [-0.2, -0.15) is 0 Å². The standard InChI is InChI=1S/C12H13BrN4S/c1-17-5-4-15-11(17)7-16-10-6-8(13)2-3-9(10)12(14)18/h2-6,16H,7H2,1H3,(H2,14,18). The quantitative estimate of drug-likeness (QED) is 0.848. The van der Waals surface area contributed by atoms with E-state index in [1.54, 1.807) is 6.20 Å². The number of anilines is 1. The molecule has 0 aliphatic heterocycles. The Morgan fingerprint density at radius 1 is 1.56 bits per heavy atom. The minimum Gasteiger partial charge on any atom is -0.389 e. The van der Waals surface area contributed by atoms with Gasteiger partial charge in [-0.25, -0.2) is 4.98 Å². The first-order valence-corrected chi connectivity index (χ1v) is 6.57. The zero-order valence-electron chi connectivity index (χ0n) is 9.85. The van der Waals surface area contributed by atoms with Gasteiger partial charge in [0.1, 0.15) is 10.8 Å². The Balaban J connectivity index is 2.20. The van der Waals surface area contributed by atoms with Crippen LogP contribution in [0, 0.1) is 0 Å². The normalized spacial score (nSPS) is 10.3. The fraction of sp³-hybridized carbons (Fsp3) is 0.167. The molecule has 0 saturated carbocycles. The zero-order chi connectivity index (χ0) is 13.1. The van der Waals surface area contributed by atoms with Gasteiger partial charge in [-0.1, -0.05) is 28.1 Å². The third kappa shape index (κ3) is 2.88. The number of rotatable bonds is 4. The van der Waals surface area contributed by atoms with Crippen molar-refractivity contribution in [1.29, 1.82) is 0 Å². The lowest BCUT2D eigenvalue weighted by Gasteiger charge is -2.11. The van der Waals surface area contributed by atoms with Crippen molar-refractivity contribution in [1.82, 2.24) is 9.55 Å². The third-order valence-electron chi connectivity index (χ3n) is 2.60. The van der Waals surface area contributed by atoms with Crippen LogP contribution in [0.25, 0.3) is 0 Å². The van der Waals surface area contributed by atoms with Crippen LogP contribution in [0.1, 0.15) is 11.4 Å². The van der Waals surface area contributed by atoms with Crippen molar-refractivity contribution in [3.8, 4) is 0 Å². The summed E-state index contributed by atoms with van der Waals surface area (Å²) in [5.74, 6) is 0.948. The Bertz CT molecular complexity index is 579. The van der Waals surface area contributed by atoms with E-state index in [1.165, 1.54) is 0 Å². The molecule has 3 N–H and O–H groups in total. The monoisotopic (exact) mass is 324 g/mol. The molecular weight excluding hydrogens is 312 g/mol. The van der Waals surface area contributed by atoms with E-state index in [2.05, 4.69) is 26.2 Å². The summed E-state index contributed by atoms with van der Waals surface area (Å²) in [7, 11) is 1.96. The van der Waals surface area contributed by atoms with E-state index >= 15 is 0 Å². The van der Waals surface area contributed by atoms with Gasteiger partial charge in [0.2, 0.25) is 0 Å². The van der Waals surface area contributed by atoms with E-state index in [-0.39, 0.29) is 0 Å². The molecule has 0 bridgehead atoms. The van der Waals surface area contributed by atoms with E-state index in [0.29, 0.717) is 11.5 Å². The maximum atomic E-state index is 5.70. The summed E-state index contributed by atoms with van der Waals surface area (Å²) >= 11 is 8.47. The zero-order valence-corrected chi connectivity index (χ0v) is 12.3. The Hall–Kier alpha value is -1.40. The molecule has 6 heteroatoms. The van der Waals surface area contributed by atoms with Gasteiger partial charge >= 0.3 is 0 Å². The average molecular weight is 325 g/mol. The van der Waals surface area contributed by atoms with Crippen molar-refractivity contribution in [3.63, 3.8) is 0 Å². The number of aryl methyl sites for hydroxylation is 1. The molecular formula is C12H13BrN4S. The van der Waals surface area contributed by atoms with Crippen LogP contribution in [0.5, 0.6) is 0 Å². The van der Waals surface area contributed by atoms with E-state index in [4.69, 9.17) is 18.0 Å². The van der Waals surface area contributed by atoms with Gasteiger partial charge in [-0.05, 0) is 18.2 Å². The molecule has 18 heavy (non-hydrogen) atoms. The second kappa shape index (κ2) is 5.49. The highest BCUT2D eigenvalue weighted by Crippen LogP contribution is 2.22. The highest BCUT2D eigenvalue weighted by Gasteiger charge is 2.07. The molecule has 0 aliphatic rings. The number of benzene rings is 1. The van der Waals surface area contributed by atoms with Crippen molar-refractivity contribution in [3.05, 3.63) is 46.5 Å². The number of thiocarbonyl (C=S) groups is 1. The Kier molecular flexibility index (Phi) is 3.98. The van der Waals surface area contributed by atoms with Gasteiger partial charge < -0.3 is 15.6 Å². The fourth-order valence-electron chi connectivity index (χ4n) is 1.62. The van der Waals surface area contributed by atoms with E-state index in [1.807, 2.05) is 36.0 Å². The van der Waals surface area contributed by atoms with Gasteiger partial charge in [0, 0.05) is 35.2 Å². The highest BCUT2D eigenvalue weighted by molar-refractivity contribution is 9.10. The lowest BCUT2D eigenvalue weighted by Crippen LogP contribution is -2.14. The van der Waals surface area contributed by atoms with Crippen molar-refractivity contribution in [2.45, 2.75) is 6.54 Å². The minimum atomic E-state index is 0.379. The molecule has 1 aromatic carbocycles. The molecule has 0 atom stereocenters. The first-order chi connectivity index (χ1) is 8.58. The Labute approximate surface area is 119 Å². The third-order valence-corrected chi connectivity index (χ3v) is 3.32. The maximum absolute atomic E-state index is 5.70. The molecule has 0 aliphatic carbocycles. The molecule has 2 rings (SSSR count). The van der Waals surface area contributed by atoms with Crippen molar-refractivity contribution >= 4 is 38.8 Å². The summed E-state index contributed by atoms with van der Waals surface area (Å²) in [6.45, 7) is 0.621. The second-order valence-corrected chi connectivity index (χ2v) is 5.22. The minimum absolute atomic E-state index is 0.379. The van der Waals surface area contributed by atoms with Crippen molar-refractivity contribution in [2.24, 2.45) is 12.8 Å². The van der Waals surface area contributed by atoms with E-state index < -0.39 is 0 Å². The largest absolute Gasteiger partial charge is 0.389 e. The van der Waals surface area contributed by atoms with E-state index in [9.17, 15) is 0 Å². The molecule has 0 amide bonds. The average Bonchev–Trinajstić information content (AvgIpc) is 2.72. The van der Waals surface area contributed by atoms with Crippen LogP contribution in [-0.4, -0.2) is 14.5 Å². The lowest BCUT2D eigenvalue weighted by molar-refractivity contribution is 0.813. The van der Waals surface area contributed by atoms with Crippen molar-refractivity contribution < 1.29 is 0 Å². The van der Waals surface area contributed by atoms with Crippen LogP contribution in [0.15, 0.2) is 35.1 Å². The predicted molar refractivity (Wildman–Crippen MR) is 80.6 cm³/mol. The highest BCUT2D eigenvalue weighted by atomic mass is 79.9. The summed E-state index contributed by atoms with van der Waals surface area (Å²) in [5.41, 5.74) is 7.44. The van der Waals surface area contributed by atoms with Crippen LogP contribution in [0.3, 0.4) is 0 Å². The summed E-state index contributed by atoms with van der Waals surface area (Å²) in [6.07, 6.45) is 3.68. The van der Waals surface area contributed by atoms with Gasteiger partial charge in [-0.15, -0.1) is 0 Å². The topological polar surface area (TPSA) is 55.9 Å². The van der Waals surface area contributed by atoms with E-state index in [0.717, 1.165) is 21.5 Å². The molecule has 0 spiro atoms. The van der Waals surface area contributed by atoms with Crippen LogP contribution < -0.4 is 11.1 Å². The number of imidazole rings is 1. The Morgan fingerprint density at radius 3 is 2.94 bits per heavy atom. The summed E-state index contributed by atoms with van der Waals surface area (Å²) in [6, 6.07) is 5.77. The molecule has 0 unspecified atom stereocenters. The van der Waals surface area contributed by atoms with Crippen LogP contribution in [0.2, 0.25) is 0 Å². The van der Waals surface area contributed by atoms with Gasteiger partial charge in [-0.3, -0.25) is 0 Å². The second-order valence-electron chi connectivity index (χ2n) is 3.86. The first-order valence-electron chi connectivity index (χ1n) is 5.37. The number of halogens is 1. The SMILES string of the molecule is Cn1ccnc1CNc1cc(Br)ccc1C(N)=S. The number of nitrogens with zero attached hydrogens (tertiary/aromatic N) is 2. The summed E-state index contributed by atoms with van der Waals surface area (Å²) in [4.78, 5) is 4.63. The number of hydrogen-bond donors (Lipinski definition) is 2. The molecule has 2 aromatic rings. The molecule has 0 fully saturated rings. The molecule has 1 aromatic heterocycles. The lowest BCUT2D eigenvalue weighted by atomic mass is 10.2. The predicted octanol–water partition coefficient (Wildman–Crippen LogP) is 2.43. The van der Waals surface area contributed by atoms with Gasteiger partial charge in [0.15, 0.2) is 0 Å². The Morgan fingerprint density at radius 2 is 2.33 bits per heavy atom. The van der Waals surface area contributed by atoms with Gasteiger partial charge in [0.05, 0.1) is 6.54 Å². The number of nitrogens with two attached hydrogens (primary N) is 1. The number of nitrogens with one attached hydrogen (secondary N) is 1. The smallest absolute Gasteiger partial charge is 0.127 e. The first kappa shape index (κ1) is 13.0. The van der Waals surface area contributed by atoms with Gasteiger partial charge in [0.25, 0.3) is 0 Å². The number of aromatic nitrogens is 2. The summed E-state index contributed by atoms with van der Waals surface area (Å²) in [5, 5.41) is 3.30.